The SMILES string of the molecule is CCOc1ccc(NC2=C(Sc3ccc(C)cc3)C(=O)N(c3ccc(C(C)C)cc3)C2=O)cc1. The number of benzene rings is 3. The van der Waals surface area contributed by atoms with Crippen LogP contribution in [-0.2, 0) is 9.59 Å². The Kier molecular flexibility index (Phi) is 7.08. The van der Waals surface area contributed by atoms with Crippen LogP contribution >= 0.6 is 11.8 Å². The fourth-order valence-electron chi connectivity index (χ4n) is 3.63. The number of amides is 2. The molecule has 3 aromatic rings. The topological polar surface area (TPSA) is 58.6 Å². The van der Waals surface area contributed by atoms with E-state index in [2.05, 4.69) is 19.2 Å². The molecule has 0 bridgehead atoms. The van der Waals surface area contributed by atoms with Gasteiger partial charge in [-0.1, -0.05) is 55.4 Å². The molecule has 0 atom stereocenters. The number of aryl methyl sites for hydroxylation is 1. The monoisotopic (exact) mass is 472 g/mol. The van der Waals surface area contributed by atoms with E-state index in [1.54, 1.807) is 0 Å². The third-order valence-corrected chi connectivity index (χ3v) is 6.63. The van der Waals surface area contributed by atoms with Gasteiger partial charge in [0.1, 0.15) is 16.4 Å². The maximum atomic E-state index is 13.5. The average Bonchev–Trinajstić information content (AvgIpc) is 3.06. The van der Waals surface area contributed by atoms with Crippen LogP contribution in [0.15, 0.2) is 88.3 Å². The van der Waals surface area contributed by atoms with Crippen LogP contribution in [0.4, 0.5) is 11.4 Å². The van der Waals surface area contributed by atoms with Crippen LogP contribution in [-0.4, -0.2) is 18.4 Å². The molecule has 0 saturated heterocycles. The van der Waals surface area contributed by atoms with Crippen LogP contribution in [0.2, 0.25) is 0 Å². The first-order valence-corrected chi connectivity index (χ1v) is 12.2. The van der Waals surface area contributed by atoms with Crippen molar-refractivity contribution >= 4 is 35.0 Å². The zero-order valence-electron chi connectivity index (χ0n) is 19.8. The van der Waals surface area contributed by atoms with Gasteiger partial charge in [-0.05, 0) is 73.9 Å². The molecule has 0 radical (unpaired) electrons. The number of ether oxygens (including phenoxy) is 1. The summed E-state index contributed by atoms with van der Waals surface area (Å²) in [6.07, 6.45) is 0. The van der Waals surface area contributed by atoms with Crippen LogP contribution in [0.3, 0.4) is 0 Å². The molecule has 0 spiro atoms. The number of rotatable bonds is 8. The van der Waals surface area contributed by atoms with Crippen molar-refractivity contribution in [2.75, 3.05) is 16.8 Å². The van der Waals surface area contributed by atoms with E-state index < -0.39 is 0 Å². The van der Waals surface area contributed by atoms with Gasteiger partial charge in [0.05, 0.1) is 12.3 Å². The van der Waals surface area contributed by atoms with Crippen molar-refractivity contribution in [3.8, 4) is 5.75 Å². The van der Waals surface area contributed by atoms with Gasteiger partial charge >= 0.3 is 0 Å². The molecule has 1 aliphatic rings. The third-order valence-electron chi connectivity index (χ3n) is 5.53. The molecule has 1 heterocycles. The summed E-state index contributed by atoms with van der Waals surface area (Å²) in [5, 5.41) is 3.19. The van der Waals surface area contributed by atoms with Crippen LogP contribution in [0.1, 0.15) is 37.8 Å². The van der Waals surface area contributed by atoms with E-state index in [9.17, 15) is 9.59 Å². The molecule has 0 aromatic heterocycles. The van der Waals surface area contributed by atoms with E-state index in [0.717, 1.165) is 21.8 Å². The molecular formula is C28H28N2O3S. The van der Waals surface area contributed by atoms with Crippen molar-refractivity contribution in [3.63, 3.8) is 0 Å². The Hall–Kier alpha value is -3.51. The molecule has 2 amide bonds. The lowest BCUT2D eigenvalue weighted by Gasteiger charge is -2.16. The number of anilines is 2. The molecule has 0 saturated carbocycles. The molecule has 0 unspecified atom stereocenters. The highest BCUT2D eigenvalue weighted by Gasteiger charge is 2.40. The number of thioether (sulfide) groups is 1. The van der Waals surface area contributed by atoms with E-state index in [-0.39, 0.29) is 17.5 Å². The summed E-state index contributed by atoms with van der Waals surface area (Å²) in [6, 6.07) is 22.8. The summed E-state index contributed by atoms with van der Waals surface area (Å²) in [5.74, 6) is 0.408. The van der Waals surface area contributed by atoms with Crippen LogP contribution < -0.4 is 15.0 Å². The number of hydrogen-bond donors (Lipinski definition) is 1. The molecule has 1 N–H and O–H groups in total. The van der Waals surface area contributed by atoms with Gasteiger partial charge in [-0.15, -0.1) is 0 Å². The highest BCUT2D eigenvalue weighted by molar-refractivity contribution is 8.04. The zero-order chi connectivity index (χ0) is 24.2. The first-order valence-electron chi connectivity index (χ1n) is 11.3. The number of carbonyl (C=O) groups excluding carboxylic acids is 2. The van der Waals surface area contributed by atoms with E-state index in [0.29, 0.717) is 28.8 Å². The molecule has 174 valence electrons. The van der Waals surface area contributed by atoms with Crippen LogP contribution in [0, 0.1) is 6.92 Å². The van der Waals surface area contributed by atoms with Gasteiger partial charge in [0, 0.05) is 10.6 Å². The smallest absolute Gasteiger partial charge is 0.283 e. The molecular weight excluding hydrogens is 444 g/mol. The van der Waals surface area contributed by atoms with E-state index >= 15 is 0 Å². The Bertz CT molecular complexity index is 1210. The second-order valence-electron chi connectivity index (χ2n) is 8.39. The Morgan fingerprint density at radius 3 is 2.12 bits per heavy atom. The van der Waals surface area contributed by atoms with Gasteiger partial charge < -0.3 is 10.1 Å². The maximum absolute atomic E-state index is 13.5. The minimum absolute atomic E-state index is 0.271. The van der Waals surface area contributed by atoms with Crippen LogP contribution in [0.5, 0.6) is 5.75 Å². The molecule has 0 fully saturated rings. The minimum Gasteiger partial charge on any atom is -0.494 e. The van der Waals surface area contributed by atoms with Gasteiger partial charge in [0.2, 0.25) is 0 Å². The molecule has 4 rings (SSSR count). The number of hydrogen-bond acceptors (Lipinski definition) is 5. The second kappa shape index (κ2) is 10.2. The highest BCUT2D eigenvalue weighted by Crippen LogP contribution is 2.38. The van der Waals surface area contributed by atoms with Gasteiger partial charge in [0.15, 0.2) is 0 Å². The average molecular weight is 473 g/mol. The lowest BCUT2D eigenvalue weighted by Crippen LogP contribution is -2.32. The summed E-state index contributed by atoms with van der Waals surface area (Å²) in [5.41, 5.74) is 3.82. The Morgan fingerprint density at radius 2 is 1.53 bits per heavy atom. The van der Waals surface area contributed by atoms with Crippen molar-refractivity contribution in [2.45, 2.75) is 38.5 Å². The predicted molar refractivity (Wildman–Crippen MR) is 138 cm³/mol. The Balaban J connectivity index is 1.68. The van der Waals surface area contributed by atoms with Crippen molar-refractivity contribution in [3.05, 3.63) is 94.5 Å². The van der Waals surface area contributed by atoms with E-state index in [1.807, 2.05) is 86.6 Å². The third kappa shape index (κ3) is 5.02. The first-order chi connectivity index (χ1) is 16.4. The van der Waals surface area contributed by atoms with Gasteiger partial charge in [-0.2, -0.15) is 0 Å². The van der Waals surface area contributed by atoms with Gasteiger partial charge in [0.25, 0.3) is 11.8 Å². The first kappa shape index (κ1) is 23.6. The largest absolute Gasteiger partial charge is 0.494 e. The van der Waals surface area contributed by atoms with Crippen molar-refractivity contribution in [1.82, 2.24) is 0 Å². The van der Waals surface area contributed by atoms with Crippen LogP contribution in [0.25, 0.3) is 0 Å². The summed E-state index contributed by atoms with van der Waals surface area (Å²) in [4.78, 5) is 29.5. The standard InChI is InChI=1S/C28H28N2O3S/c1-5-33-23-14-10-21(11-15-23)29-25-26(34-24-16-6-19(4)7-17-24)28(32)30(27(25)31)22-12-8-20(9-13-22)18(2)3/h6-18,29H,5H2,1-4H3. The fraction of sp³-hybridized carbons (Fsp3) is 0.214. The molecule has 3 aromatic carbocycles. The van der Waals surface area contributed by atoms with Crippen molar-refractivity contribution in [1.29, 1.82) is 0 Å². The second-order valence-corrected chi connectivity index (χ2v) is 9.48. The van der Waals surface area contributed by atoms with Crippen molar-refractivity contribution < 1.29 is 14.3 Å². The van der Waals surface area contributed by atoms with E-state index in [4.69, 9.17) is 4.74 Å². The van der Waals surface area contributed by atoms with Crippen molar-refractivity contribution in [2.24, 2.45) is 0 Å². The summed E-state index contributed by atoms with van der Waals surface area (Å²) in [7, 11) is 0. The fourth-order valence-corrected chi connectivity index (χ4v) is 4.55. The highest BCUT2D eigenvalue weighted by atomic mass is 32.2. The Labute approximate surface area is 204 Å². The molecule has 6 heteroatoms. The summed E-state index contributed by atoms with van der Waals surface area (Å²) >= 11 is 1.30. The van der Waals surface area contributed by atoms with E-state index in [1.165, 1.54) is 16.7 Å². The number of imide groups is 1. The summed E-state index contributed by atoms with van der Waals surface area (Å²) in [6.45, 7) is 8.73. The number of nitrogens with one attached hydrogen (secondary N) is 1. The lowest BCUT2D eigenvalue weighted by atomic mass is 10.0. The number of carbonyl (C=O) groups is 2. The van der Waals surface area contributed by atoms with Gasteiger partial charge in [-0.25, -0.2) is 4.90 Å². The zero-order valence-corrected chi connectivity index (χ0v) is 20.6. The number of nitrogens with zero attached hydrogens (tertiary/aromatic N) is 1. The predicted octanol–water partition coefficient (Wildman–Crippen LogP) is 6.51. The normalized spacial score (nSPS) is 13.7. The lowest BCUT2D eigenvalue weighted by molar-refractivity contribution is -0.120. The minimum atomic E-state index is -0.370. The molecule has 34 heavy (non-hydrogen) atoms. The quantitative estimate of drug-likeness (QED) is 0.379. The molecule has 0 aliphatic carbocycles. The maximum Gasteiger partial charge on any atom is 0.283 e. The summed E-state index contributed by atoms with van der Waals surface area (Å²) < 4.78 is 5.51. The van der Waals surface area contributed by atoms with Gasteiger partial charge in [-0.3, -0.25) is 9.59 Å². The Morgan fingerprint density at radius 1 is 0.882 bits per heavy atom. The molecule has 5 nitrogen and oxygen atoms in total. The molecule has 1 aliphatic heterocycles.